The van der Waals surface area contributed by atoms with Gasteiger partial charge < -0.3 is 5.32 Å². The van der Waals surface area contributed by atoms with E-state index in [4.69, 9.17) is 46.4 Å². The van der Waals surface area contributed by atoms with Crippen molar-refractivity contribution in [3.63, 3.8) is 0 Å². The lowest BCUT2D eigenvalue weighted by atomic mass is 10.2. The summed E-state index contributed by atoms with van der Waals surface area (Å²) >= 11 is 24.4. The summed E-state index contributed by atoms with van der Waals surface area (Å²) < 4.78 is 42.0. The van der Waals surface area contributed by atoms with Gasteiger partial charge in [-0.25, -0.2) is 0 Å². The fraction of sp³-hybridized carbons (Fsp3) is 0.316. The lowest BCUT2D eigenvalue weighted by Crippen LogP contribution is -2.22. The maximum absolute atomic E-state index is 13.2. The quantitative estimate of drug-likeness (QED) is 0.411. The monoisotopic (exact) mass is 525 g/mol. The summed E-state index contributed by atoms with van der Waals surface area (Å²) in [4.78, 5) is 12.5. The van der Waals surface area contributed by atoms with Gasteiger partial charge in [0.25, 0.3) is 0 Å². The molecule has 4 rings (SSSR count). The van der Waals surface area contributed by atoms with E-state index in [1.807, 2.05) is 0 Å². The Hall–Kier alpha value is -1.94. The first-order chi connectivity index (χ1) is 15.0. The van der Waals surface area contributed by atoms with Gasteiger partial charge in [0.05, 0.1) is 17.3 Å². The Morgan fingerprint density at radius 2 is 1.75 bits per heavy atom. The van der Waals surface area contributed by atoms with Crippen molar-refractivity contribution < 1.29 is 18.0 Å². The number of alkyl halides is 3. The Morgan fingerprint density at radius 1 is 1.09 bits per heavy atom. The second-order valence-electron chi connectivity index (χ2n) is 7.25. The smallest absolute Gasteiger partial charge is 0.306 e. The molecule has 170 valence electrons. The van der Waals surface area contributed by atoms with Crippen LogP contribution in [0.3, 0.4) is 0 Å². The van der Waals surface area contributed by atoms with E-state index in [2.05, 4.69) is 15.5 Å². The molecule has 1 saturated carbocycles. The van der Waals surface area contributed by atoms with Crippen LogP contribution in [0.5, 0.6) is 0 Å². The zero-order valence-electron chi connectivity index (χ0n) is 16.1. The third kappa shape index (κ3) is 4.85. The van der Waals surface area contributed by atoms with E-state index >= 15 is 0 Å². The molecule has 0 saturated heterocycles. The van der Waals surface area contributed by atoms with Crippen LogP contribution in [-0.4, -0.2) is 25.5 Å². The van der Waals surface area contributed by atoms with Crippen LogP contribution < -0.4 is 5.32 Å². The molecule has 32 heavy (non-hydrogen) atoms. The van der Waals surface area contributed by atoms with Crippen molar-refractivity contribution >= 4 is 58.1 Å². The van der Waals surface area contributed by atoms with Crippen molar-refractivity contribution in [2.45, 2.75) is 38.0 Å². The van der Waals surface area contributed by atoms with Crippen LogP contribution in [0, 0.1) is 0 Å². The molecule has 2 aromatic heterocycles. The Morgan fingerprint density at radius 3 is 2.34 bits per heavy atom. The highest BCUT2D eigenvalue weighted by atomic mass is 35.5. The van der Waals surface area contributed by atoms with Crippen LogP contribution >= 0.6 is 46.4 Å². The van der Waals surface area contributed by atoms with Crippen molar-refractivity contribution in [1.29, 1.82) is 0 Å². The summed E-state index contributed by atoms with van der Waals surface area (Å²) in [5.74, 6) is -0.758. The van der Waals surface area contributed by atoms with Gasteiger partial charge in [0.15, 0.2) is 11.5 Å². The molecule has 1 aliphatic carbocycles. The number of halogens is 7. The fourth-order valence-electron chi connectivity index (χ4n) is 3.22. The second-order valence-corrected chi connectivity index (χ2v) is 8.85. The molecular formula is C19H14Cl4F3N5O. The molecule has 6 nitrogen and oxygen atoms in total. The molecule has 1 N–H and O–H groups in total. The molecule has 1 amide bonds. The molecule has 13 heteroatoms. The van der Waals surface area contributed by atoms with Crippen LogP contribution in [0.1, 0.15) is 35.7 Å². The number of carbonyl (C=O) groups excluding carboxylic acids is 1. The number of hydrogen-bond acceptors (Lipinski definition) is 3. The van der Waals surface area contributed by atoms with Gasteiger partial charge in [-0.15, -0.1) is 0 Å². The van der Waals surface area contributed by atoms with Crippen molar-refractivity contribution in [3.05, 3.63) is 61.4 Å². The maximum atomic E-state index is 13.2. The molecule has 0 bridgehead atoms. The van der Waals surface area contributed by atoms with E-state index in [-0.39, 0.29) is 29.0 Å². The number of carbonyl (C=O) groups is 1. The summed E-state index contributed by atoms with van der Waals surface area (Å²) in [7, 11) is 0. The standard InChI is InChI=1S/C19H14Cl4F3N5O/c20-11-2-1-3-12(21)10(11)6-30-7-13(22)18(29-30)27-14(32)8-31-16(9-4-5-9)15(23)17(28-31)19(24,25)26/h1-3,7,9H,4-6,8H2,(H,27,29,32). The molecule has 1 aliphatic rings. The highest BCUT2D eigenvalue weighted by Crippen LogP contribution is 2.46. The van der Waals surface area contributed by atoms with Crippen molar-refractivity contribution in [1.82, 2.24) is 19.6 Å². The molecule has 0 atom stereocenters. The maximum Gasteiger partial charge on any atom is 0.436 e. The third-order valence-electron chi connectivity index (χ3n) is 4.81. The van der Waals surface area contributed by atoms with Gasteiger partial charge in [0, 0.05) is 27.7 Å². The van der Waals surface area contributed by atoms with E-state index in [9.17, 15) is 18.0 Å². The zero-order valence-corrected chi connectivity index (χ0v) is 19.1. The normalized spacial score (nSPS) is 14.1. The summed E-state index contributed by atoms with van der Waals surface area (Å²) in [5.41, 5.74) is -0.375. The van der Waals surface area contributed by atoms with Gasteiger partial charge >= 0.3 is 6.18 Å². The molecule has 3 aromatic rings. The first-order valence-corrected chi connectivity index (χ1v) is 10.8. The van der Waals surface area contributed by atoms with Crippen molar-refractivity contribution in [2.24, 2.45) is 0 Å². The highest BCUT2D eigenvalue weighted by molar-refractivity contribution is 6.36. The predicted octanol–water partition coefficient (Wildman–Crippen LogP) is 6.28. The number of benzene rings is 1. The minimum atomic E-state index is -4.72. The van der Waals surface area contributed by atoms with E-state index < -0.39 is 29.3 Å². The zero-order chi connectivity index (χ0) is 23.2. The van der Waals surface area contributed by atoms with Crippen molar-refractivity contribution in [2.75, 3.05) is 5.32 Å². The van der Waals surface area contributed by atoms with E-state index in [1.54, 1.807) is 18.2 Å². The minimum absolute atomic E-state index is 0.0436. The summed E-state index contributed by atoms with van der Waals surface area (Å²) in [6.07, 6.45) is -1.88. The predicted molar refractivity (Wildman–Crippen MR) is 116 cm³/mol. The van der Waals surface area contributed by atoms with Gasteiger partial charge in [0.2, 0.25) is 5.91 Å². The first kappa shape index (κ1) is 23.2. The van der Waals surface area contributed by atoms with Gasteiger partial charge in [-0.05, 0) is 25.0 Å². The molecule has 0 unspecified atom stereocenters. The molecule has 0 spiro atoms. The highest BCUT2D eigenvalue weighted by Gasteiger charge is 2.42. The average Bonchev–Trinajstić information content (AvgIpc) is 3.38. The molecule has 1 fully saturated rings. The molecular weight excluding hydrogens is 513 g/mol. The summed E-state index contributed by atoms with van der Waals surface area (Å²) in [5, 5.41) is 10.8. The van der Waals surface area contributed by atoms with Gasteiger partial charge in [-0.3, -0.25) is 14.2 Å². The largest absolute Gasteiger partial charge is 0.436 e. The second kappa shape index (κ2) is 8.78. The molecule has 1 aromatic carbocycles. The lowest BCUT2D eigenvalue weighted by Gasteiger charge is -2.08. The average molecular weight is 527 g/mol. The van der Waals surface area contributed by atoms with Crippen LogP contribution in [0.15, 0.2) is 24.4 Å². The Bertz CT molecular complexity index is 1170. The number of rotatable bonds is 6. The fourth-order valence-corrected chi connectivity index (χ4v) is 4.33. The third-order valence-corrected chi connectivity index (χ3v) is 6.17. The summed E-state index contributed by atoms with van der Waals surface area (Å²) in [6.45, 7) is -0.273. The van der Waals surface area contributed by atoms with E-state index in [1.165, 1.54) is 10.9 Å². The topological polar surface area (TPSA) is 64.7 Å². The Labute approximate surface area is 200 Å². The number of amides is 1. The van der Waals surface area contributed by atoms with Gasteiger partial charge in [0.1, 0.15) is 11.6 Å². The lowest BCUT2D eigenvalue weighted by molar-refractivity contribution is -0.141. The summed E-state index contributed by atoms with van der Waals surface area (Å²) in [6, 6.07) is 5.06. The molecule has 0 aliphatic heterocycles. The molecule has 2 heterocycles. The Balaban J connectivity index is 1.51. The number of nitrogens with zero attached hydrogens (tertiary/aromatic N) is 4. The van der Waals surface area contributed by atoms with Crippen LogP contribution in [-0.2, 0) is 24.1 Å². The number of nitrogens with one attached hydrogen (secondary N) is 1. The van der Waals surface area contributed by atoms with E-state index in [0.29, 0.717) is 28.5 Å². The number of hydrogen-bond donors (Lipinski definition) is 1. The van der Waals surface area contributed by atoms with Crippen molar-refractivity contribution in [3.8, 4) is 0 Å². The Kier molecular flexibility index (Phi) is 6.37. The van der Waals surface area contributed by atoms with Crippen LogP contribution in [0.2, 0.25) is 20.1 Å². The first-order valence-electron chi connectivity index (χ1n) is 9.33. The molecule has 0 radical (unpaired) electrons. The SMILES string of the molecule is O=C(Cn1nc(C(F)(F)F)c(Cl)c1C1CC1)Nc1nn(Cc2c(Cl)cccc2Cl)cc1Cl. The van der Waals surface area contributed by atoms with Crippen LogP contribution in [0.25, 0.3) is 0 Å². The van der Waals surface area contributed by atoms with Gasteiger partial charge in [-0.1, -0.05) is 52.5 Å². The van der Waals surface area contributed by atoms with Crippen LogP contribution in [0.4, 0.5) is 19.0 Å². The van der Waals surface area contributed by atoms with E-state index in [0.717, 1.165) is 4.68 Å². The van der Waals surface area contributed by atoms with Gasteiger partial charge in [-0.2, -0.15) is 23.4 Å². The minimum Gasteiger partial charge on any atom is -0.306 e. The number of anilines is 1. The number of aromatic nitrogens is 4.